The van der Waals surface area contributed by atoms with Gasteiger partial charge in [-0.05, 0) is 248 Å². The normalized spacial score (nSPS) is 16.4. The van der Waals surface area contributed by atoms with Crippen LogP contribution in [0.15, 0.2) is 60.7 Å². The molecule has 1 heterocycles. The number of ketones is 1. The highest BCUT2D eigenvalue weighted by molar-refractivity contribution is 5.75. The number of phenols is 5. The highest BCUT2D eigenvalue weighted by Gasteiger charge is 2.57. The number of benzene rings is 5. The Morgan fingerprint density at radius 2 is 0.806 bits per heavy atom. The maximum Gasteiger partial charge on any atom is 0.161 e. The Kier molecular flexibility index (Phi) is 29.3. The van der Waals surface area contributed by atoms with E-state index in [2.05, 4.69) is 197 Å². The van der Waals surface area contributed by atoms with E-state index in [0.29, 0.717) is 61.9 Å². The van der Waals surface area contributed by atoms with Crippen molar-refractivity contribution in [3.8, 4) is 57.5 Å². The molecule has 3 aliphatic rings. The lowest BCUT2D eigenvalue weighted by Crippen LogP contribution is -2.36. The van der Waals surface area contributed by atoms with Crippen LogP contribution in [0.4, 0.5) is 0 Å². The molecule has 1 spiro atoms. The standard InChI is InChI=1S/C33H48O4.C22H36O3.C22H38O2.C15H22O2/c1-9-13-34-27-17-23-25(19-29(27)36-15-11-3)33(21-31(23,5)6)22-32(7,8)24-18-28(35-14-10-2)30(20-26(24)33)37-16-12-4;1-7-8-9-12-21(3,4)17-14-20(25)18(15-19(17)24)22(5,6)13-10-11-16(2)23;1-19(2,3)13-21(7,8)15-11-18(24)16(12-17(15)23)22(9,10)14-20(4,5)6;1-9(2)12-8-15(4,5)17-14-6-10(3)13(16)7-11(12)14/h17-20H,9-16,21-22H2,1-8H3;14-15,24-25H,7-13H2,1-6H3;11-12,23-24H,13-14H2,1-10H3;6-7,9,12,16H,8H2,1-5H3. The number of hydrogen-bond donors (Lipinski definition) is 5. The Morgan fingerprint density at radius 1 is 0.466 bits per heavy atom. The van der Waals surface area contributed by atoms with Crippen LogP contribution in [-0.4, -0.2) is 63.3 Å². The van der Waals surface area contributed by atoms with Gasteiger partial charge < -0.3 is 54.0 Å². The zero-order valence-corrected chi connectivity index (χ0v) is 70.3. The van der Waals surface area contributed by atoms with E-state index in [1.165, 1.54) is 35.1 Å². The van der Waals surface area contributed by atoms with Crippen LogP contribution in [0.1, 0.15) is 358 Å². The molecule has 0 fully saturated rings. The summed E-state index contributed by atoms with van der Waals surface area (Å²) in [5, 5.41) is 52.5. The van der Waals surface area contributed by atoms with Gasteiger partial charge in [0.2, 0.25) is 0 Å². The van der Waals surface area contributed by atoms with Gasteiger partial charge in [-0.3, -0.25) is 0 Å². The minimum Gasteiger partial charge on any atom is -0.508 e. The van der Waals surface area contributed by atoms with Crippen molar-refractivity contribution >= 4 is 5.78 Å². The topological polar surface area (TPSA) is 164 Å². The lowest BCUT2D eigenvalue weighted by molar-refractivity contribution is -0.117. The summed E-state index contributed by atoms with van der Waals surface area (Å²) < 4.78 is 31.0. The van der Waals surface area contributed by atoms with Crippen molar-refractivity contribution in [2.75, 3.05) is 26.4 Å². The van der Waals surface area contributed by atoms with Crippen molar-refractivity contribution < 1.29 is 54.0 Å². The molecule has 1 unspecified atom stereocenters. The molecule has 8 rings (SSSR count). The molecule has 2 aliphatic carbocycles. The first-order valence-electron chi connectivity index (χ1n) is 39.4. The van der Waals surface area contributed by atoms with Crippen LogP contribution in [0.5, 0.6) is 57.5 Å². The number of unbranched alkanes of at least 4 members (excludes halogenated alkanes) is 2. The van der Waals surface area contributed by atoms with Crippen LogP contribution >= 0.6 is 0 Å². The molecule has 0 bridgehead atoms. The molecule has 0 amide bonds. The van der Waals surface area contributed by atoms with E-state index >= 15 is 0 Å². The molecule has 0 aromatic heterocycles. The second kappa shape index (κ2) is 34.6. The summed E-state index contributed by atoms with van der Waals surface area (Å²) in [6.07, 6.45) is 15.4. The second-order valence-electron chi connectivity index (χ2n) is 38.2. The van der Waals surface area contributed by atoms with Gasteiger partial charge in [0.1, 0.15) is 45.9 Å². The summed E-state index contributed by atoms with van der Waals surface area (Å²) in [5.74, 6) is 7.11. The summed E-state index contributed by atoms with van der Waals surface area (Å²) in [7, 11) is 0. The Labute approximate surface area is 626 Å². The molecule has 1 aliphatic heterocycles. The fourth-order valence-corrected chi connectivity index (χ4v) is 17.3. The maximum atomic E-state index is 11.2. The quantitative estimate of drug-likeness (QED) is 0.0251. The highest BCUT2D eigenvalue weighted by atomic mass is 16.5. The van der Waals surface area contributed by atoms with Crippen LogP contribution in [-0.2, 0) is 42.7 Å². The van der Waals surface area contributed by atoms with Crippen LogP contribution in [0.25, 0.3) is 0 Å². The van der Waals surface area contributed by atoms with E-state index in [0.717, 1.165) is 146 Å². The molecule has 103 heavy (non-hydrogen) atoms. The Morgan fingerprint density at radius 3 is 1.13 bits per heavy atom. The van der Waals surface area contributed by atoms with E-state index in [1.54, 1.807) is 31.2 Å². The summed E-state index contributed by atoms with van der Waals surface area (Å²) >= 11 is 0. The summed E-state index contributed by atoms with van der Waals surface area (Å²) in [6, 6.07) is 20.0. The first-order chi connectivity index (χ1) is 47.4. The van der Waals surface area contributed by atoms with Crippen molar-refractivity contribution in [1.29, 1.82) is 0 Å². The van der Waals surface area contributed by atoms with Crippen LogP contribution in [0.2, 0.25) is 0 Å². The van der Waals surface area contributed by atoms with Gasteiger partial charge in [-0.2, -0.15) is 0 Å². The van der Waals surface area contributed by atoms with Crippen molar-refractivity contribution in [3.63, 3.8) is 0 Å². The maximum absolute atomic E-state index is 11.2. The van der Waals surface area contributed by atoms with E-state index in [1.807, 2.05) is 32.9 Å². The highest BCUT2D eigenvalue weighted by Crippen LogP contribution is 2.65. The largest absolute Gasteiger partial charge is 0.508 e. The molecular weight excluding hydrogens is 1280 g/mol. The lowest BCUT2D eigenvalue weighted by Gasteiger charge is -2.39. The van der Waals surface area contributed by atoms with Crippen LogP contribution in [0, 0.1) is 23.7 Å². The number of carbonyl (C=O) groups excluding carboxylic acids is 1. The number of rotatable bonds is 27. The van der Waals surface area contributed by atoms with E-state index < -0.39 is 0 Å². The summed E-state index contributed by atoms with van der Waals surface area (Å²) in [5.41, 5.74) is 10.0. The monoisotopic (exact) mass is 1430 g/mol. The van der Waals surface area contributed by atoms with Gasteiger partial charge in [0.25, 0.3) is 0 Å². The number of fused-ring (bicyclic) bond motifs is 5. The summed E-state index contributed by atoms with van der Waals surface area (Å²) in [6.45, 7) is 65.4. The Hall–Kier alpha value is -6.23. The van der Waals surface area contributed by atoms with Gasteiger partial charge in [0, 0.05) is 39.7 Å². The van der Waals surface area contributed by atoms with E-state index in [-0.39, 0.29) is 71.6 Å². The molecule has 0 radical (unpaired) electrons. The zero-order valence-electron chi connectivity index (χ0n) is 70.3. The number of ether oxygens (including phenoxy) is 5. The number of aromatic hydroxyl groups is 5. The third-order valence-electron chi connectivity index (χ3n) is 21.4. The molecule has 5 N–H and O–H groups in total. The fraction of sp³-hybridized carbons (Fsp3) is 0.663. The molecular formula is C92H144O11. The molecule has 1 atom stereocenters. The van der Waals surface area contributed by atoms with Crippen molar-refractivity contribution in [2.24, 2.45) is 16.7 Å². The molecule has 5 aromatic carbocycles. The van der Waals surface area contributed by atoms with Crippen molar-refractivity contribution in [2.45, 2.75) is 353 Å². The zero-order chi connectivity index (χ0) is 78.0. The SMILES string of the molecule is CC(C)(C)CC(C)(C)c1cc(O)c(C(C)(C)CC(C)(C)C)cc1O.CCCCCC(C)(C)c1cc(O)c(C(C)(C)CCCC(C)=O)cc1O.CCCOc1cc2c(cc1OCCC)C1(CC2(C)C)CC(C)(C)c2cc(OCCC)c(OCCC)cc21.Cc1cc2c(cc1O)C(C(C)C)CC(C)(C)O2. The van der Waals surface area contributed by atoms with Crippen molar-refractivity contribution in [1.82, 2.24) is 0 Å². The third kappa shape index (κ3) is 22.7. The Balaban J connectivity index is 0.000000257. The van der Waals surface area contributed by atoms with Crippen LogP contribution < -0.4 is 23.7 Å². The predicted octanol–water partition coefficient (Wildman–Crippen LogP) is 25.0. The minimum atomic E-state index is -0.290. The Bertz CT molecular complexity index is 3470. The molecule has 11 heteroatoms. The van der Waals surface area contributed by atoms with Gasteiger partial charge in [0.15, 0.2) is 23.0 Å². The van der Waals surface area contributed by atoms with Crippen molar-refractivity contribution in [3.05, 3.63) is 116 Å². The molecule has 578 valence electrons. The molecule has 11 nitrogen and oxygen atoms in total. The predicted molar refractivity (Wildman–Crippen MR) is 430 cm³/mol. The molecule has 0 saturated heterocycles. The smallest absolute Gasteiger partial charge is 0.161 e. The van der Waals surface area contributed by atoms with Crippen LogP contribution in [0.3, 0.4) is 0 Å². The number of carbonyl (C=O) groups is 1. The lowest BCUT2D eigenvalue weighted by atomic mass is 9.69. The average Bonchev–Trinajstić information content (AvgIpc) is 1.52. The summed E-state index contributed by atoms with van der Waals surface area (Å²) in [4.78, 5) is 11.2. The van der Waals surface area contributed by atoms with Gasteiger partial charge in [0.05, 0.1) is 26.4 Å². The first kappa shape index (κ1) is 87.4. The fourth-order valence-electron chi connectivity index (χ4n) is 17.3. The second-order valence-corrected chi connectivity index (χ2v) is 38.2. The number of Topliss-reactive ketones (excluding diaryl/α,β-unsaturated/α-hetero) is 1. The van der Waals surface area contributed by atoms with E-state index in [9.17, 15) is 30.3 Å². The van der Waals surface area contributed by atoms with Gasteiger partial charge >= 0.3 is 0 Å². The van der Waals surface area contributed by atoms with E-state index in [4.69, 9.17) is 23.7 Å². The first-order valence-corrected chi connectivity index (χ1v) is 39.4. The number of hydrogen-bond acceptors (Lipinski definition) is 11. The van der Waals surface area contributed by atoms with Gasteiger partial charge in [-0.15, -0.1) is 0 Å². The minimum absolute atomic E-state index is 0.0163. The molecule has 5 aromatic rings. The number of phenolic OH excluding ortho intramolecular Hbond substituents is 5. The average molecular weight is 1430 g/mol. The third-order valence-corrected chi connectivity index (χ3v) is 21.4. The van der Waals surface area contributed by atoms with Gasteiger partial charge in [-0.1, -0.05) is 192 Å². The number of aryl methyl sites for hydroxylation is 1. The van der Waals surface area contributed by atoms with Gasteiger partial charge in [-0.25, -0.2) is 0 Å². The molecule has 0 saturated carbocycles.